The van der Waals surface area contributed by atoms with Gasteiger partial charge >= 0.3 is 0 Å². The summed E-state index contributed by atoms with van der Waals surface area (Å²) in [7, 11) is 0. The summed E-state index contributed by atoms with van der Waals surface area (Å²) in [6.07, 6.45) is 10.2. The fraction of sp³-hybridized carbons (Fsp3) is 0.471. The lowest BCUT2D eigenvalue weighted by molar-refractivity contribution is -0.151. The first kappa shape index (κ1) is 13.4. The van der Waals surface area contributed by atoms with Gasteiger partial charge in [-0.05, 0) is 18.4 Å². The third-order valence-electron chi connectivity index (χ3n) is 4.48. The minimum Gasteiger partial charge on any atom is -0.330 e. The van der Waals surface area contributed by atoms with Gasteiger partial charge in [0.2, 0.25) is 5.91 Å². The van der Waals surface area contributed by atoms with Gasteiger partial charge in [-0.15, -0.1) is 0 Å². The Labute approximate surface area is 120 Å². The van der Waals surface area contributed by atoms with E-state index in [0.717, 1.165) is 18.4 Å². The summed E-state index contributed by atoms with van der Waals surface area (Å²) in [5, 5.41) is 0. The average molecular weight is 270 g/mol. The molecule has 0 aromatic heterocycles. The van der Waals surface area contributed by atoms with Gasteiger partial charge in [-0.1, -0.05) is 61.7 Å². The van der Waals surface area contributed by atoms with Crippen molar-refractivity contribution in [2.45, 2.75) is 50.2 Å². The molecule has 2 fully saturated rings. The van der Waals surface area contributed by atoms with Crippen LogP contribution in [0, 0.1) is 0 Å². The van der Waals surface area contributed by atoms with E-state index in [9.17, 15) is 4.79 Å². The number of rotatable bonds is 3. The summed E-state index contributed by atoms with van der Waals surface area (Å²) >= 11 is 0. The molecule has 2 aliphatic rings. The highest BCUT2D eigenvalue weighted by Gasteiger charge is 2.46. The quantitative estimate of drug-likeness (QED) is 0.858. The van der Waals surface area contributed by atoms with Crippen molar-refractivity contribution in [3.05, 3.63) is 42.0 Å². The molecule has 3 heteroatoms. The standard InChI is InChI=1S/C17H22N2O/c18-16-15(12-11-13-7-3-1-4-8-13)19(17(16)20)14-9-5-2-6-10-14/h1,3-4,7-8,11-12,14-16H,2,5-6,9-10,18H2/b12-11+. The third kappa shape index (κ3) is 2.50. The Balaban J connectivity index is 1.70. The van der Waals surface area contributed by atoms with Gasteiger partial charge < -0.3 is 10.6 Å². The summed E-state index contributed by atoms with van der Waals surface area (Å²) in [5.74, 6) is 0.125. The zero-order valence-corrected chi connectivity index (χ0v) is 11.7. The second kappa shape index (κ2) is 5.80. The van der Waals surface area contributed by atoms with Crippen molar-refractivity contribution in [1.29, 1.82) is 0 Å². The van der Waals surface area contributed by atoms with Gasteiger partial charge in [0, 0.05) is 6.04 Å². The lowest BCUT2D eigenvalue weighted by atomic mass is 9.86. The van der Waals surface area contributed by atoms with Crippen LogP contribution in [0.5, 0.6) is 0 Å². The molecule has 3 rings (SSSR count). The molecule has 1 aliphatic carbocycles. The van der Waals surface area contributed by atoms with E-state index in [4.69, 9.17) is 5.73 Å². The highest BCUT2D eigenvalue weighted by Crippen LogP contribution is 2.31. The molecule has 2 N–H and O–H groups in total. The van der Waals surface area contributed by atoms with Gasteiger partial charge in [-0.25, -0.2) is 0 Å². The molecule has 1 aromatic rings. The van der Waals surface area contributed by atoms with Crippen LogP contribution in [0.25, 0.3) is 6.08 Å². The average Bonchev–Trinajstić information content (AvgIpc) is 2.52. The van der Waals surface area contributed by atoms with E-state index in [1.165, 1.54) is 19.3 Å². The second-order valence-electron chi connectivity index (χ2n) is 5.82. The smallest absolute Gasteiger partial charge is 0.242 e. The molecule has 2 unspecified atom stereocenters. The summed E-state index contributed by atoms with van der Waals surface area (Å²) in [6, 6.07) is 10.3. The summed E-state index contributed by atoms with van der Waals surface area (Å²) in [6.45, 7) is 0. The van der Waals surface area contributed by atoms with E-state index in [0.29, 0.717) is 6.04 Å². The maximum atomic E-state index is 12.0. The third-order valence-corrected chi connectivity index (χ3v) is 4.48. The Kier molecular flexibility index (Phi) is 3.88. The van der Waals surface area contributed by atoms with E-state index in [1.54, 1.807) is 0 Å². The predicted molar refractivity (Wildman–Crippen MR) is 81.0 cm³/mol. The van der Waals surface area contributed by atoms with Gasteiger partial charge in [0.1, 0.15) is 6.04 Å². The normalized spacial score (nSPS) is 27.9. The zero-order valence-electron chi connectivity index (χ0n) is 11.7. The summed E-state index contributed by atoms with van der Waals surface area (Å²) in [4.78, 5) is 14.1. The van der Waals surface area contributed by atoms with E-state index in [1.807, 2.05) is 23.1 Å². The van der Waals surface area contributed by atoms with Crippen LogP contribution >= 0.6 is 0 Å². The van der Waals surface area contributed by atoms with Gasteiger partial charge in [0.05, 0.1) is 6.04 Å². The molecule has 3 nitrogen and oxygen atoms in total. The summed E-state index contributed by atoms with van der Waals surface area (Å²) < 4.78 is 0. The van der Waals surface area contributed by atoms with Crippen LogP contribution in [0.15, 0.2) is 36.4 Å². The molecule has 20 heavy (non-hydrogen) atoms. The zero-order chi connectivity index (χ0) is 13.9. The van der Waals surface area contributed by atoms with E-state index >= 15 is 0 Å². The highest BCUT2D eigenvalue weighted by atomic mass is 16.2. The van der Waals surface area contributed by atoms with Crippen LogP contribution in [0.4, 0.5) is 0 Å². The van der Waals surface area contributed by atoms with Crippen LogP contribution in [0.2, 0.25) is 0 Å². The topological polar surface area (TPSA) is 46.3 Å². The van der Waals surface area contributed by atoms with Gasteiger partial charge in [0.25, 0.3) is 0 Å². The lowest BCUT2D eigenvalue weighted by Crippen LogP contribution is -2.70. The Bertz CT molecular complexity index is 491. The maximum absolute atomic E-state index is 12.0. The van der Waals surface area contributed by atoms with Gasteiger partial charge in [-0.3, -0.25) is 4.79 Å². The molecule has 1 saturated heterocycles. The van der Waals surface area contributed by atoms with Crippen molar-refractivity contribution in [2.75, 3.05) is 0 Å². The first-order chi connectivity index (χ1) is 9.77. The lowest BCUT2D eigenvalue weighted by Gasteiger charge is -2.49. The van der Waals surface area contributed by atoms with Crippen LogP contribution in [-0.2, 0) is 4.79 Å². The fourth-order valence-corrected chi connectivity index (χ4v) is 3.32. The molecule has 1 heterocycles. The van der Waals surface area contributed by atoms with Gasteiger partial charge in [0.15, 0.2) is 0 Å². The Morgan fingerprint density at radius 1 is 1.10 bits per heavy atom. The molecular weight excluding hydrogens is 248 g/mol. The number of nitrogens with zero attached hydrogens (tertiary/aromatic N) is 1. The number of carbonyl (C=O) groups is 1. The van der Waals surface area contributed by atoms with Crippen molar-refractivity contribution in [1.82, 2.24) is 4.90 Å². The number of hydrogen-bond acceptors (Lipinski definition) is 2. The minimum absolute atomic E-state index is 0.0748. The van der Waals surface area contributed by atoms with E-state index in [-0.39, 0.29) is 18.0 Å². The van der Waals surface area contributed by atoms with Crippen molar-refractivity contribution in [3.63, 3.8) is 0 Å². The molecule has 0 radical (unpaired) electrons. The fourth-order valence-electron chi connectivity index (χ4n) is 3.32. The molecule has 1 saturated carbocycles. The van der Waals surface area contributed by atoms with Crippen LogP contribution < -0.4 is 5.73 Å². The molecule has 2 atom stereocenters. The number of likely N-dealkylation sites (tertiary alicyclic amines) is 1. The molecule has 106 valence electrons. The first-order valence-corrected chi connectivity index (χ1v) is 7.58. The van der Waals surface area contributed by atoms with Crippen LogP contribution in [0.3, 0.4) is 0 Å². The first-order valence-electron chi connectivity index (χ1n) is 7.58. The number of benzene rings is 1. The monoisotopic (exact) mass is 270 g/mol. The van der Waals surface area contributed by atoms with Crippen LogP contribution in [-0.4, -0.2) is 28.9 Å². The Morgan fingerprint density at radius 3 is 2.50 bits per heavy atom. The number of amides is 1. The molecule has 1 aromatic carbocycles. The largest absolute Gasteiger partial charge is 0.330 e. The Hall–Kier alpha value is -1.61. The minimum atomic E-state index is -0.350. The van der Waals surface area contributed by atoms with Gasteiger partial charge in [-0.2, -0.15) is 0 Å². The van der Waals surface area contributed by atoms with E-state index < -0.39 is 0 Å². The molecule has 1 amide bonds. The number of β-lactam (4-membered cyclic amide) rings is 1. The van der Waals surface area contributed by atoms with Crippen molar-refractivity contribution in [2.24, 2.45) is 5.73 Å². The molecule has 0 bridgehead atoms. The number of carbonyl (C=O) groups excluding carboxylic acids is 1. The number of hydrogen-bond donors (Lipinski definition) is 1. The molecule has 0 spiro atoms. The molecule has 1 aliphatic heterocycles. The second-order valence-corrected chi connectivity index (χ2v) is 5.82. The Morgan fingerprint density at radius 2 is 1.80 bits per heavy atom. The van der Waals surface area contributed by atoms with Crippen molar-refractivity contribution in [3.8, 4) is 0 Å². The maximum Gasteiger partial charge on any atom is 0.242 e. The SMILES string of the molecule is NC1C(=O)N(C2CCCCC2)C1/C=C/c1ccccc1. The molecular formula is C17H22N2O. The van der Waals surface area contributed by atoms with Crippen molar-refractivity contribution >= 4 is 12.0 Å². The van der Waals surface area contributed by atoms with Crippen molar-refractivity contribution < 1.29 is 4.79 Å². The van der Waals surface area contributed by atoms with Crippen LogP contribution in [0.1, 0.15) is 37.7 Å². The highest BCUT2D eigenvalue weighted by molar-refractivity contribution is 5.90. The summed E-state index contributed by atoms with van der Waals surface area (Å²) in [5.41, 5.74) is 7.14. The number of nitrogens with two attached hydrogens (primary N) is 1. The van der Waals surface area contributed by atoms with E-state index in [2.05, 4.69) is 24.3 Å². The predicted octanol–water partition coefficient (Wildman–Crippen LogP) is 2.57.